The van der Waals surface area contributed by atoms with Gasteiger partial charge in [-0.2, -0.15) is 0 Å². The van der Waals surface area contributed by atoms with E-state index in [0.717, 1.165) is 62.3 Å². The van der Waals surface area contributed by atoms with Gasteiger partial charge in [0.1, 0.15) is 0 Å². The minimum Gasteiger partial charge on any atom is -0.342 e. The fourth-order valence-corrected chi connectivity index (χ4v) is 4.30. The molecule has 0 spiro atoms. The summed E-state index contributed by atoms with van der Waals surface area (Å²) in [5.41, 5.74) is 0.799. The van der Waals surface area contributed by atoms with Crippen LogP contribution in [0.15, 0.2) is 28.7 Å². The van der Waals surface area contributed by atoms with Crippen molar-refractivity contribution in [1.29, 1.82) is 0 Å². The summed E-state index contributed by atoms with van der Waals surface area (Å²) in [5.74, 6) is 0.267. The zero-order valence-corrected chi connectivity index (χ0v) is 18.3. The van der Waals surface area contributed by atoms with E-state index >= 15 is 0 Å². The molecule has 1 aromatic carbocycles. The van der Waals surface area contributed by atoms with Gasteiger partial charge in [0.15, 0.2) is 0 Å². The average molecular weight is 451 g/mol. The molecular formula is C21H31BrN4O2. The number of rotatable bonds is 5. The van der Waals surface area contributed by atoms with Gasteiger partial charge in [0.25, 0.3) is 0 Å². The number of piperazine rings is 1. The molecule has 2 heterocycles. The Labute approximate surface area is 176 Å². The van der Waals surface area contributed by atoms with E-state index in [4.69, 9.17) is 0 Å². The first-order chi connectivity index (χ1) is 13.5. The van der Waals surface area contributed by atoms with E-state index in [1.165, 1.54) is 12.8 Å². The van der Waals surface area contributed by atoms with E-state index in [-0.39, 0.29) is 17.9 Å². The molecule has 3 rings (SSSR count). The van der Waals surface area contributed by atoms with Crippen molar-refractivity contribution in [3.63, 3.8) is 0 Å². The zero-order chi connectivity index (χ0) is 19.9. The second kappa shape index (κ2) is 10.4. The highest BCUT2D eigenvalue weighted by molar-refractivity contribution is 9.10. The van der Waals surface area contributed by atoms with Gasteiger partial charge in [0.05, 0.1) is 12.6 Å². The molecule has 1 N–H and O–H groups in total. The predicted octanol–water partition coefficient (Wildman–Crippen LogP) is 2.80. The molecule has 2 saturated heterocycles. The quantitative estimate of drug-likeness (QED) is 0.748. The minimum atomic E-state index is -0.192. The lowest BCUT2D eigenvalue weighted by Gasteiger charge is -2.37. The van der Waals surface area contributed by atoms with Crippen molar-refractivity contribution >= 4 is 33.4 Å². The Balaban J connectivity index is 1.43. The van der Waals surface area contributed by atoms with Crippen molar-refractivity contribution in [2.45, 2.75) is 38.6 Å². The Hall–Kier alpha value is -1.44. The summed E-state index contributed by atoms with van der Waals surface area (Å²) in [6, 6.07) is 7.44. The smallest absolute Gasteiger partial charge is 0.241 e. The van der Waals surface area contributed by atoms with Crippen LogP contribution < -0.4 is 5.32 Å². The monoisotopic (exact) mass is 450 g/mol. The molecule has 7 heteroatoms. The number of carbonyl (C=O) groups excluding carboxylic acids is 2. The van der Waals surface area contributed by atoms with Gasteiger partial charge in [0, 0.05) is 49.4 Å². The molecule has 0 unspecified atom stereocenters. The number of hydrogen-bond donors (Lipinski definition) is 1. The molecular weight excluding hydrogens is 420 g/mol. The van der Waals surface area contributed by atoms with Crippen LogP contribution in [0, 0.1) is 0 Å². The number of carbonyl (C=O) groups is 2. The van der Waals surface area contributed by atoms with E-state index in [1.54, 1.807) is 0 Å². The van der Waals surface area contributed by atoms with Gasteiger partial charge in [-0.3, -0.25) is 19.4 Å². The van der Waals surface area contributed by atoms with Crippen LogP contribution >= 0.6 is 15.9 Å². The van der Waals surface area contributed by atoms with Crippen LogP contribution in [0.1, 0.15) is 32.6 Å². The van der Waals surface area contributed by atoms with Crippen LogP contribution in [-0.2, 0) is 9.59 Å². The number of nitrogens with one attached hydrogen (secondary N) is 1. The Bertz CT molecular complexity index is 668. The van der Waals surface area contributed by atoms with Crippen molar-refractivity contribution in [2.75, 3.05) is 51.1 Å². The highest BCUT2D eigenvalue weighted by atomic mass is 79.9. The summed E-state index contributed by atoms with van der Waals surface area (Å²) in [4.78, 5) is 31.6. The number of halogens is 1. The molecule has 1 aromatic rings. The van der Waals surface area contributed by atoms with E-state index in [9.17, 15) is 9.59 Å². The summed E-state index contributed by atoms with van der Waals surface area (Å²) in [7, 11) is 0. The molecule has 2 aliphatic heterocycles. The predicted molar refractivity (Wildman–Crippen MR) is 115 cm³/mol. The van der Waals surface area contributed by atoms with Crippen molar-refractivity contribution in [3.05, 3.63) is 28.7 Å². The lowest BCUT2D eigenvalue weighted by molar-refractivity contribution is -0.133. The lowest BCUT2D eigenvalue weighted by atomic mass is 10.2. The standard InChI is InChI=1S/C21H31BrN4O2/c1-17(21(28)23-19-8-6-7-18(22)15-19)25-13-11-24(12-14-25)16-20(27)26-9-4-2-3-5-10-26/h6-8,15,17H,2-5,9-14,16H2,1H3,(H,23,28)/t17-/m0/s1. The third-order valence-corrected chi connectivity index (χ3v) is 6.24. The van der Waals surface area contributed by atoms with Gasteiger partial charge < -0.3 is 10.2 Å². The Morgan fingerprint density at radius 2 is 1.71 bits per heavy atom. The molecule has 0 aromatic heterocycles. The van der Waals surface area contributed by atoms with Crippen LogP contribution in [0.5, 0.6) is 0 Å². The van der Waals surface area contributed by atoms with Crippen LogP contribution in [0.3, 0.4) is 0 Å². The van der Waals surface area contributed by atoms with Crippen LogP contribution in [0.2, 0.25) is 0 Å². The molecule has 2 amide bonds. The first kappa shape index (κ1) is 21.3. The van der Waals surface area contributed by atoms with Crippen LogP contribution in [0.4, 0.5) is 5.69 Å². The van der Waals surface area contributed by atoms with Crippen LogP contribution in [0.25, 0.3) is 0 Å². The summed E-state index contributed by atoms with van der Waals surface area (Å²) < 4.78 is 0.945. The lowest BCUT2D eigenvalue weighted by Crippen LogP contribution is -2.54. The van der Waals surface area contributed by atoms with E-state index in [2.05, 4.69) is 31.0 Å². The van der Waals surface area contributed by atoms with E-state index in [1.807, 2.05) is 36.1 Å². The molecule has 1 atom stereocenters. The number of anilines is 1. The van der Waals surface area contributed by atoms with Crippen molar-refractivity contribution in [3.8, 4) is 0 Å². The summed E-state index contributed by atoms with van der Waals surface area (Å²) >= 11 is 3.43. The molecule has 154 valence electrons. The SMILES string of the molecule is C[C@@H](C(=O)Nc1cccc(Br)c1)N1CCN(CC(=O)N2CCCCCC2)CC1. The first-order valence-corrected chi connectivity index (χ1v) is 11.1. The number of likely N-dealkylation sites (tertiary alicyclic amines) is 1. The van der Waals surface area contributed by atoms with E-state index < -0.39 is 0 Å². The molecule has 0 aliphatic carbocycles. The Morgan fingerprint density at radius 3 is 2.36 bits per heavy atom. The third kappa shape index (κ3) is 6.03. The van der Waals surface area contributed by atoms with Gasteiger partial charge in [-0.1, -0.05) is 34.8 Å². The molecule has 0 saturated carbocycles. The third-order valence-electron chi connectivity index (χ3n) is 5.74. The summed E-state index contributed by atoms with van der Waals surface area (Å²) in [5, 5.41) is 2.99. The Morgan fingerprint density at radius 1 is 1.04 bits per heavy atom. The molecule has 6 nitrogen and oxygen atoms in total. The first-order valence-electron chi connectivity index (χ1n) is 10.3. The van der Waals surface area contributed by atoms with Gasteiger partial charge >= 0.3 is 0 Å². The average Bonchev–Trinajstić information content (AvgIpc) is 2.97. The summed E-state index contributed by atoms with van der Waals surface area (Å²) in [6.07, 6.45) is 4.74. The van der Waals surface area contributed by atoms with Crippen LogP contribution in [-0.4, -0.2) is 78.4 Å². The maximum atomic E-state index is 12.6. The van der Waals surface area contributed by atoms with Gasteiger partial charge in [-0.05, 0) is 38.0 Å². The second-order valence-electron chi connectivity index (χ2n) is 7.78. The van der Waals surface area contributed by atoms with Gasteiger partial charge in [-0.15, -0.1) is 0 Å². The fraction of sp³-hybridized carbons (Fsp3) is 0.619. The molecule has 2 aliphatic rings. The molecule has 28 heavy (non-hydrogen) atoms. The van der Waals surface area contributed by atoms with Gasteiger partial charge in [-0.25, -0.2) is 0 Å². The highest BCUT2D eigenvalue weighted by Gasteiger charge is 2.27. The number of amides is 2. The largest absolute Gasteiger partial charge is 0.342 e. The number of hydrogen-bond acceptors (Lipinski definition) is 4. The van der Waals surface area contributed by atoms with Crippen molar-refractivity contribution in [1.82, 2.24) is 14.7 Å². The van der Waals surface area contributed by atoms with Crippen molar-refractivity contribution < 1.29 is 9.59 Å². The number of benzene rings is 1. The maximum Gasteiger partial charge on any atom is 0.241 e. The molecule has 2 fully saturated rings. The highest BCUT2D eigenvalue weighted by Crippen LogP contribution is 2.17. The van der Waals surface area contributed by atoms with Gasteiger partial charge in [0.2, 0.25) is 11.8 Å². The van der Waals surface area contributed by atoms with Crippen molar-refractivity contribution in [2.24, 2.45) is 0 Å². The maximum absolute atomic E-state index is 12.6. The normalized spacial score (nSPS) is 20.4. The zero-order valence-electron chi connectivity index (χ0n) is 16.7. The molecule has 0 radical (unpaired) electrons. The number of nitrogens with zero attached hydrogens (tertiary/aromatic N) is 3. The Kier molecular flexibility index (Phi) is 7.88. The summed E-state index contributed by atoms with van der Waals surface area (Å²) in [6.45, 7) is 7.54. The second-order valence-corrected chi connectivity index (χ2v) is 8.70. The van der Waals surface area contributed by atoms with E-state index in [0.29, 0.717) is 6.54 Å². The topological polar surface area (TPSA) is 55.9 Å². The fourth-order valence-electron chi connectivity index (χ4n) is 3.90. The minimum absolute atomic E-state index is 0.00666. The molecule has 0 bridgehead atoms.